The normalized spacial score (nSPS) is 11.5. The third kappa shape index (κ3) is 3.96. The highest BCUT2D eigenvalue weighted by Gasteiger charge is 2.36. The minimum atomic E-state index is -4.87. The number of rotatable bonds is 5. The number of methoxy groups -OCH3 is 1. The van der Waals surface area contributed by atoms with E-state index >= 15 is 0 Å². The van der Waals surface area contributed by atoms with Crippen LogP contribution in [0.3, 0.4) is 0 Å². The number of anilines is 1. The Morgan fingerprint density at radius 1 is 1.23 bits per heavy atom. The number of halogens is 4. The van der Waals surface area contributed by atoms with Gasteiger partial charge in [0.25, 0.3) is 5.91 Å². The third-order valence-electron chi connectivity index (χ3n) is 4.21. The number of nitrogens with zero attached hydrogens (tertiary/aromatic N) is 2. The molecule has 3 rings (SSSR count). The Morgan fingerprint density at radius 3 is 2.60 bits per heavy atom. The van der Waals surface area contributed by atoms with Crippen molar-refractivity contribution in [2.45, 2.75) is 6.18 Å². The summed E-state index contributed by atoms with van der Waals surface area (Å²) in [6.45, 7) is -0.295. The van der Waals surface area contributed by atoms with Crippen molar-refractivity contribution >= 4 is 22.5 Å². The van der Waals surface area contributed by atoms with Crippen molar-refractivity contribution in [1.29, 1.82) is 0 Å². The molecule has 7 nitrogen and oxygen atoms in total. The van der Waals surface area contributed by atoms with Gasteiger partial charge in [-0.25, -0.2) is 14.4 Å². The molecule has 0 saturated heterocycles. The molecule has 2 aromatic carbocycles. The first-order valence-corrected chi connectivity index (χ1v) is 8.57. The highest BCUT2D eigenvalue weighted by Crippen LogP contribution is 2.38. The van der Waals surface area contributed by atoms with Crippen LogP contribution in [0.1, 0.15) is 16.1 Å². The molecule has 1 aromatic heterocycles. The molecule has 0 saturated carbocycles. The van der Waals surface area contributed by atoms with Crippen LogP contribution >= 0.6 is 0 Å². The number of nitrogen functional groups attached to an aromatic ring is 1. The van der Waals surface area contributed by atoms with Crippen LogP contribution in [-0.2, 0) is 6.18 Å². The number of hydrogen-bond donors (Lipinski definition) is 3. The molecule has 0 bridgehead atoms. The van der Waals surface area contributed by atoms with Gasteiger partial charge in [0.1, 0.15) is 5.82 Å². The number of aromatic nitrogens is 2. The Labute approximate surface area is 167 Å². The lowest BCUT2D eigenvalue weighted by Gasteiger charge is -2.16. The van der Waals surface area contributed by atoms with Crippen LogP contribution in [0.2, 0.25) is 0 Å². The SMILES string of the molecule is COc1c(C(=O)NCCO)ccc(-c2nc(C(F)(F)F)c3cc(F)ccc3n2)c1N. The molecular formula is C19H16F4N4O3. The summed E-state index contributed by atoms with van der Waals surface area (Å²) in [6.07, 6.45) is -4.87. The van der Waals surface area contributed by atoms with E-state index in [1.165, 1.54) is 19.2 Å². The Morgan fingerprint density at radius 2 is 1.97 bits per heavy atom. The Bertz CT molecular complexity index is 1120. The number of carbonyl (C=O) groups is 1. The number of nitrogens with one attached hydrogen (secondary N) is 1. The average Bonchev–Trinajstić information content (AvgIpc) is 2.70. The summed E-state index contributed by atoms with van der Waals surface area (Å²) >= 11 is 0. The molecule has 4 N–H and O–H groups in total. The predicted molar refractivity (Wildman–Crippen MR) is 100 cm³/mol. The average molecular weight is 424 g/mol. The molecule has 0 unspecified atom stereocenters. The van der Waals surface area contributed by atoms with Crippen molar-refractivity contribution in [3.63, 3.8) is 0 Å². The van der Waals surface area contributed by atoms with E-state index in [0.717, 1.165) is 12.1 Å². The number of hydrogen-bond acceptors (Lipinski definition) is 6. The zero-order valence-corrected chi connectivity index (χ0v) is 15.5. The van der Waals surface area contributed by atoms with E-state index in [2.05, 4.69) is 15.3 Å². The smallest absolute Gasteiger partial charge is 0.434 e. The molecule has 1 heterocycles. The minimum Gasteiger partial charge on any atom is -0.494 e. The molecule has 1 amide bonds. The van der Waals surface area contributed by atoms with Gasteiger partial charge in [0.2, 0.25) is 0 Å². The molecule has 0 spiro atoms. The van der Waals surface area contributed by atoms with Crippen molar-refractivity contribution in [2.75, 3.05) is 26.0 Å². The standard InChI is InChI=1S/C19H16F4N4O3/c1-30-15-11(18(29)25-6-7-28)4-3-10(14(15)24)17-26-13-5-2-9(20)8-12(13)16(27-17)19(21,22)23/h2-5,8,28H,6-7,24H2,1H3,(H,25,29). The van der Waals surface area contributed by atoms with Crippen LogP contribution in [0.25, 0.3) is 22.3 Å². The van der Waals surface area contributed by atoms with E-state index in [1.807, 2.05) is 0 Å². The Balaban J connectivity index is 2.20. The van der Waals surface area contributed by atoms with Crippen molar-refractivity contribution in [2.24, 2.45) is 0 Å². The lowest BCUT2D eigenvalue weighted by atomic mass is 10.0. The second-order valence-electron chi connectivity index (χ2n) is 6.14. The van der Waals surface area contributed by atoms with Crippen molar-refractivity contribution < 1.29 is 32.2 Å². The van der Waals surface area contributed by atoms with Gasteiger partial charge in [0.05, 0.1) is 30.5 Å². The van der Waals surface area contributed by atoms with E-state index in [9.17, 15) is 22.4 Å². The largest absolute Gasteiger partial charge is 0.494 e. The molecule has 0 radical (unpaired) electrons. The van der Waals surface area contributed by atoms with Gasteiger partial charge >= 0.3 is 6.18 Å². The number of fused-ring (bicyclic) bond motifs is 1. The number of aliphatic hydroxyl groups excluding tert-OH is 1. The van der Waals surface area contributed by atoms with E-state index in [-0.39, 0.29) is 47.1 Å². The molecule has 11 heteroatoms. The van der Waals surface area contributed by atoms with Crippen LogP contribution in [0, 0.1) is 5.82 Å². The molecule has 0 aliphatic rings. The molecule has 30 heavy (non-hydrogen) atoms. The fourth-order valence-electron chi connectivity index (χ4n) is 2.90. The molecule has 0 atom stereocenters. The van der Waals surface area contributed by atoms with Gasteiger partial charge in [0.15, 0.2) is 17.3 Å². The summed E-state index contributed by atoms with van der Waals surface area (Å²) in [6, 6.07) is 5.38. The van der Waals surface area contributed by atoms with Gasteiger partial charge in [-0.15, -0.1) is 0 Å². The van der Waals surface area contributed by atoms with E-state index in [1.54, 1.807) is 0 Å². The molecule has 158 valence electrons. The Kier molecular flexibility index (Phi) is 5.74. The van der Waals surface area contributed by atoms with Crippen molar-refractivity contribution in [3.05, 3.63) is 47.4 Å². The topological polar surface area (TPSA) is 110 Å². The number of amides is 1. The maximum absolute atomic E-state index is 13.5. The first-order valence-electron chi connectivity index (χ1n) is 8.57. The number of aliphatic hydroxyl groups is 1. The van der Waals surface area contributed by atoms with Crippen LogP contribution < -0.4 is 15.8 Å². The predicted octanol–water partition coefficient (Wildman–Crippen LogP) is 2.77. The zero-order valence-electron chi connectivity index (χ0n) is 15.5. The van der Waals surface area contributed by atoms with Gasteiger partial charge < -0.3 is 20.9 Å². The van der Waals surface area contributed by atoms with E-state index < -0.39 is 29.0 Å². The van der Waals surface area contributed by atoms with E-state index in [4.69, 9.17) is 15.6 Å². The van der Waals surface area contributed by atoms with Gasteiger partial charge in [-0.05, 0) is 30.3 Å². The summed E-state index contributed by atoms with van der Waals surface area (Å²) < 4.78 is 59.3. The van der Waals surface area contributed by atoms with Gasteiger partial charge in [-0.2, -0.15) is 13.2 Å². The second kappa shape index (κ2) is 8.11. The van der Waals surface area contributed by atoms with Gasteiger partial charge in [-0.3, -0.25) is 4.79 Å². The van der Waals surface area contributed by atoms with E-state index in [0.29, 0.717) is 6.07 Å². The van der Waals surface area contributed by atoms with Gasteiger partial charge in [-0.1, -0.05) is 0 Å². The van der Waals surface area contributed by atoms with Crippen molar-refractivity contribution in [3.8, 4) is 17.1 Å². The fourth-order valence-corrected chi connectivity index (χ4v) is 2.90. The molecule has 0 aliphatic heterocycles. The fraction of sp³-hybridized carbons (Fsp3) is 0.211. The molecule has 0 aliphatic carbocycles. The van der Waals surface area contributed by atoms with Crippen LogP contribution in [-0.4, -0.2) is 41.2 Å². The number of benzene rings is 2. The maximum Gasteiger partial charge on any atom is 0.434 e. The number of alkyl halides is 3. The highest BCUT2D eigenvalue weighted by atomic mass is 19.4. The minimum absolute atomic E-state index is 0.00211. The van der Waals surface area contributed by atoms with Crippen molar-refractivity contribution in [1.82, 2.24) is 15.3 Å². The van der Waals surface area contributed by atoms with Crippen LogP contribution in [0.4, 0.5) is 23.2 Å². The number of nitrogens with two attached hydrogens (primary N) is 1. The zero-order chi connectivity index (χ0) is 22.1. The first-order chi connectivity index (χ1) is 14.2. The summed E-state index contributed by atoms with van der Waals surface area (Å²) in [7, 11) is 1.24. The summed E-state index contributed by atoms with van der Waals surface area (Å²) in [5.74, 6) is -1.90. The molecule has 3 aromatic rings. The first kappa shape index (κ1) is 21.2. The monoisotopic (exact) mass is 424 g/mol. The second-order valence-corrected chi connectivity index (χ2v) is 6.14. The quantitative estimate of drug-likeness (QED) is 0.429. The summed E-state index contributed by atoms with van der Waals surface area (Å²) in [5, 5.41) is 10.8. The summed E-state index contributed by atoms with van der Waals surface area (Å²) in [4.78, 5) is 19.8. The van der Waals surface area contributed by atoms with Crippen LogP contribution in [0.15, 0.2) is 30.3 Å². The van der Waals surface area contributed by atoms with Gasteiger partial charge in [0, 0.05) is 17.5 Å². The number of carbonyl (C=O) groups excluding carboxylic acids is 1. The molecular weight excluding hydrogens is 408 g/mol. The number of ether oxygens (including phenoxy) is 1. The third-order valence-corrected chi connectivity index (χ3v) is 4.21. The van der Waals surface area contributed by atoms with Crippen LogP contribution in [0.5, 0.6) is 5.75 Å². The summed E-state index contributed by atoms with van der Waals surface area (Å²) in [5.41, 5.74) is 4.47. The Hall–Kier alpha value is -3.47. The lowest BCUT2D eigenvalue weighted by Crippen LogP contribution is -2.27. The lowest BCUT2D eigenvalue weighted by molar-refractivity contribution is -0.139. The maximum atomic E-state index is 13.5. The molecule has 0 fully saturated rings. The highest BCUT2D eigenvalue weighted by molar-refractivity contribution is 6.00.